The topological polar surface area (TPSA) is 100 Å². The zero-order valence-corrected chi connectivity index (χ0v) is 13.2. The maximum absolute atomic E-state index is 9.92. The molecule has 0 saturated heterocycles. The van der Waals surface area contributed by atoms with E-state index >= 15 is 0 Å². The fraction of sp³-hybridized carbons (Fsp3) is 0.500. The summed E-state index contributed by atoms with van der Waals surface area (Å²) in [4.78, 5) is 19.7. The number of aliphatic hydroxyl groups is 1. The minimum absolute atomic E-state index is 0. The second-order valence-corrected chi connectivity index (χ2v) is 3.12. The summed E-state index contributed by atoms with van der Waals surface area (Å²) in [6.45, 7) is 0. The molecule has 0 fully saturated rings. The molecular weight excluding hydrogens is 197 g/mol. The molecule has 52 valence electrons. The Morgan fingerprint density at radius 1 is 1.17 bits per heavy atom. The average Bonchev–Trinajstić information content (AvgIpc) is 1.84. The van der Waals surface area contributed by atoms with E-state index < -0.39 is 21.2 Å². The van der Waals surface area contributed by atoms with Gasteiger partial charge in [-0.3, -0.25) is 0 Å². The molecule has 0 bridgehead atoms. The molecule has 8 heteroatoms. The van der Waals surface area contributed by atoms with Crippen LogP contribution < -0.4 is 69.3 Å². The van der Waals surface area contributed by atoms with E-state index in [0.29, 0.717) is 0 Å². The van der Waals surface area contributed by atoms with Gasteiger partial charge >= 0.3 is 133 Å². The number of carboxylic acids is 2. The maximum atomic E-state index is 9.92. The Balaban J connectivity index is -0.000000405. The third-order valence-electron chi connectivity index (χ3n) is 1.09. The number of aliphatic hydroxyl groups excluding tert-OH is 1. The molecule has 0 aliphatic carbocycles. The van der Waals surface area contributed by atoms with Crippen molar-refractivity contribution >= 4 is 39.9 Å². The first kappa shape index (κ1) is 19.5. The van der Waals surface area contributed by atoms with Crippen molar-refractivity contribution in [2.45, 2.75) is 9.27 Å². The molecule has 5 nitrogen and oxygen atoms in total. The number of carbonyl (C=O) groups is 2. The van der Waals surface area contributed by atoms with Gasteiger partial charge in [-0.05, 0) is 0 Å². The summed E-state index contributed by atoms with van der Waals surface area (Å²) in [6.07, 6.45) is -1.93. The molecule has 0 amide bonds. The number of carboxylic acid groups (broad SMARTS) is 2. The first-order valence-electron chi connectivity index (χ1n) is 2.56. The van der Waals surface area contributed by atoms with Crippen LogP contribution in [0.4, 0.5) is 0 Å². The summed E-state index contributed by atoms with van der Waals surface area (Å²) in [6, 6.07) is 0. The zero-order chi connectivity index (χ0) is 8.31. The zero-order valence-electron chi connectivity index (χ0n) is 7.23. The fourth-order valence-corrected chi connectivity index (χ4v) is 0.605. The van der Waals surface area contributed by atoms with Crippen molar-refractivity contribution in [3.63, 3.8) is 0 Å². The van der Waals surface area contributed by atoms with E-state index in [1.807, 2.05) is 0 Å². The Kier molecular flexibility index (Phi) is 15.3. The average molecular weight is 200 g/mol. The fourth-order valence-electron chi connectivity index (χ4n) is 0.333. The van der Waals surface area contributed by atoms with Crippen molar-refractivity contribution in [1.82, 2.24) is 0 Å². The standard InChI is InChI=1S/C4H5O5.3Na/c5-2(4(8)9)1-3(6)7;;;/h1-2,5H,(H,6,7)(H,8,9);;;/q;;2*+1/p-2. The summed E-state index contributed by atoms with van der Waals surface area (Å²) in [5, 5.41) is 28.3. The molecule has 0 aliphatic rings. The second kappa shape index (κ2) is 9.45. The van der Waals surface area contributed by atoms with Gasteiger partial charge in [0.05, 0.1) is 0 Å². The molecular formula is C4H3Na3O5. The first-order valence-corrected chi connectivity index (χ1v) is 3.72. The first-order chi connectivity index (χ1) is 4.46. The van der Waals surface area contributed by atoms with Crippen LogP contribution in [-0.2, 0) is 9.59 Å². The predicted molar refractivity (Wildman–Crippen MR) is 25.5 cm³/mol. The Labute approximate surface area is 131 Å². The van der Waals surface area contributed by atoms with Gasteiger partial charge in [-0.2, -0.15) is 0 Å². The predicted octanol–water partition coefficient (Wildman–Crippen LogP) is -10.2. The summed E-state index contributed by atoms with van der Waals surface area (Å²) < 4.78 is -1.30. The van der Waals surface area contributed by atoms with E-state index in [9.17, 15) is 19.8 Å². The van der Waals surface area contributed by atoms with Gasteiger partial charge in [0.2, 0.25) is 0 Å². The minimum atomic E-state index is -1.93. The van der Waals surface area contributed by atoms with Crippen molar-refractivity contribution in [3.05, 3.63) is 0 Å². The Bertz CT molecular complexity index is 143. The number of rotatable bonds is 3. The van der Waals surface area contributed by atoms with Crippen LogP contribution in [0, 0.1) is 0 Å². The minimum Gasteiger partial charge on any atom is 1.00 e. The van der Waals surface area contributed by atoms with E-state index in [-0.39, 0.29) is 87.0 Å². The molecule has 12 heavy (non-hydrogen) atoms. The Morgan fingerprint density at radius 3 is 1.58 bits per heavy atom. The molecule has 0 spiro atoms. The van der Waals surface area contributed by atoms with E-state index in [2.05, 4.69) is 0 Å². The van der Waals surface area contributed by atoms with Crippen LogP contribution in [0.5, 0.6) is 0 Å². The summed E-state index contributed by atoms with van der Waals surface area (Å²) in [7, 11) is 0. The van der Waals surface area contributed by atoms with E-state index in [4.69, 9.17) is 5.11 Å². The van der Waals surface area contributed by atoms with Crippen molar-refractivity contribution in [2.75, 3.05) is 0 Å². The van der Waals surface area contributed by atoms with Gasteiger partial charge in [0.15, 0.2) is 0 Å². The molecule has 0 aromatic heterocycles. The van der Waals surface area contributed by atoms with Crippen LogP contribution in [0.1, 0.15) is 0 Å². The van der Waals surface area contributed by atoms with Crippen LogP contribution in [-0.4, -0.2) is 51.1 Å². The smallest absolute Gasteiger partial charge is 1.00 e. The van der Waals surface area contributed by atoms with Crippen LogP contribution >= 0.6 is 0 Å². The number of carbonyl (C=O) groups excluding carboxylic acids is 2. The Morgan fingerprint density at radius 2 is 1.50 bits per heavy atom. The molecule has 0 saturated carbocycles. The van der Waals surface area contributed by atoms with Crippen molar-refractivity contribution in [2.24, 2.45) is 0 Å². The summed E-state index contributed by atoms with van der Waals surface area (Å²) >= 11 is 0.0224. The molecule has 1 N–H and O–H groups in total. The third-order valence-corrected chi connectivity index (χ3v) is 2.19. The number of aliphatic carboxylic acids is 2. The van der Waals surface area contributed by atoms with Gasteiger partial charge < -0.3 is 0 Å². The molecule has 0 rings (SSSR count). The van der Waals surface area contributed by atoms with Crippen molar-refractivity contribution < 1.29 is 84.0 Å². The van der Waals surface area contributed by atoms with Gasteiger partial charge in [-0.1, -0.05) is 0 Å². The number of hydrogen-bond donors (Lipinski definition) is 1. The maximum Gasteiger partial charge on any atom is 1.00 e. The van der Waals surface area contributed by atoms with Crippen molar-refractivity contribution in [1.29, 1.82) is 0 Å². The molecule has 0 aromatic carbocycles. The van der Waals surface area contributed by atoms with Crippen molar-refractivity contribution in [3.8, 4) is 0 Å². The van der Waals surface area contributed by atoms with Crippen LogP contribution in [0.25, 0.3) is 0 Å². The Hall–Kier alpha value is 1.90. The van der Waals surface area contributed by atoms with Gasteiger partial charge in [-0.15, -0.1) is 0 Å². The van der Waals surface area contributed by atoms with E-state index in [0.717, 1.165) is 0 Å². The SMILES string of the molecule is O=C([O-])C(O)[CH]([Na])C(=O)[O-].[Na+].[Na+]. The van der Waals surface area contributed by atoms with Crippen LogP contribution in [0.3, 0.4) is 0 Å². The van der Waals surface area contributed by atoms with E-state index in [1.54, 1.807) is 0 Å². The van der Waals surface area contributed by atoms with Gasteiger partial charge in [-0.25, -0.2) is 0 Å². The third kappa shape index (κ3) is 7.32. The molecule has 0 heterocycles. The molecule has 2 unspecified atom stereocenters. The molecule has 0 aliphatic heterocycles. The molecule has 0 aromatic rings. The molecule has 0 radical (unpaired) electrons. The summed E-state index contributed by atoms with van der Waals surface area (Å²) in [5.74, 6) is -3.33. The van der Waals surface area contributed by atoms with Gasteiger partial charge in [0.1, 0.15) is 0 Å². The normalized spacial score (nSPS) is 13.2. The summed E-state index contributed by atoms with van der Waals surface area (Å²) in [5.41, 5.74) is 0. The monoisotopic (exact) mass is 200 g/mol. The van der Waals surface area contributed by atoms with E-state index in [1.165, 1.54) is 0 Å². The molecule has 2 atom stereocenters. The second-order valence-electron chi connectivity index (χ2n) is 1.87. The number of hydrogen-bond acceptors (Lipinski definition) is 5. The van der Waals surface area contributed by atoms with Gasteiger partial charge in [0, 0.05) is 0 Å². The largest absolute Gasteiger partial charge is 1.00 e. The van der Waals surface area contributed by atoms with Gasteiger partial charge in [0.25, 0.3) is 0 Å². The van der Waals surface area contributed by atoms with Crippen LogP contribution in [0.15, 0.2) is 0 Å². The van der Waals surface area contributed by atoms with Crippen LogP contribution in [0.2, 0.25) is 3.17 Å². The quantitative estimate of drug-likeness (QED) is 0.456.